The second kappa shape index (κ2) is 7.63. The topological polar surface area (TPSA) is 84.1 Å². The van der Waals surface area contributed by atoms with E-state index in [1.807, 2.05) is 0 Å². The minimum Gasteiger partial charge on any atom is -0.395 e. The van der Waals surface area contributed by atoms with Crippen molar-refractivity contribution in [1.29, 1.82) is 0 Å². The maximum absolute atomic E-state index is 13.0. The lowest BCUT2D eigenvalue weighted by Crippen LogP contribution is -2.33. The Morgan fingerprint density at radius 1 is 1.12 bits per heavy atom. The van der Waals surface area contributed by atoms with Gasteiger partial charge in [0.1, 0.15) is 24.3 Å². The minimum absolute atomic E-state index is 0.168. The second-order valence-corrected chi connectivity index (χ2v) is 5.35. The van der Waals surface area contributed by atoms with Gasteiger partial charge in [-0.2, -0.15) is 0 Å². The van der Waals surface area contributed by atoms with E-state index in [4.69, 9.17) is 0 Å². The number of rotatable bonds is 6. The number of amides is 1. The van der Waals surface area contributed by atoms with Crippen molar-refractivity contribution in [2.24, 2.45) is 0 Å². The summed E-state index contributed by atoms with van der Waals surface area (Å²) in [5, 5.41) is 16.6. The van der Waals surface area contributed by atoms with Gasteiger partial charge in [0.2, 0.25) is 0 Å². The Hall–Kier alpha value is -3.13. The lowest BCUT2D eigenvalue weighted by Gasteiger charge is -2.22. The number of nitrogens with zero attached hydrogens (tertiary/aromatic N) is 5. The fraction of sp³-hybridized carbons (Fsp3) is 0.176. The van der Waals surface area contributed by atoms with Crippen molar-refractivity contribution in [1.82, 2.24) is 24.6 Å². The molecule has 0 aliphatic rings. The molecule has 2 aromatic heterocycles. The summed E-state index contributed by atoms with van der Waals surface area (Å²) in [7, 11) is 0. The summed E-state index contributed by atoms with van der Waals surface area (Å²) in [5.74, 6) is -0.00691. The molecule has 0 radical (unpaired) electrons. The third-order valence-electron chi connectivity index (χ3n) is 3.62. The van der Waals surface area contributed by atoms with Crippen molar-refractivity contribution in [3.8, 4) is 5.82 Å². The van der Waals surface area contributed by atoms with Crippen LogP contribution in [0.15, 0.2) is 55.2 Å². The van der Waals surface area contributed by atoms with Crippen LogP contribution < -0.4 is 0 Å². The summed E-state index contributed by atoms with van der Waals surface area (Å²) in [6.45, 7) is 0.273. The number of hydrogen-bond donors (Lipinski definition) is 1. The van der Waals surface area contributed by atoms with Crippen molar-refractivity contribution in [2.75, 3.05) is 13.2 Å². The average Bonchev–Trinajstić information content (AvgIpc) is 3.17. The average molecular weight is 341 g/mol. The molecule has 0 saturated carbocycles. The zero-order chi connectivity index (χ0) is 17.6. The molecule has 7 nitrogen and oxygen atoms in total. The van der Waals surface area contributed by atoms with E-state index in [2.05, 4.69) is 15.2 Å². The Kier molecular flexibility index (Phi) is 5.10. The molecule has 0 spiro atoms. The van der Waals surface area contributed by atoms with Crippen LogP contribution in [0, 0.1) is 5.82 Å². The van der Waals surface area contributed by atoms with Gasteiger partial charge in [-0.15, -0.1) is 10.2 Å². The molecule has 0 aliphatic carbocycles. The monoisotopic (exact) mass is 341 g/mol. The van der Waals surface area contributed by atoms with Gasteiger partial charge in [-0.3, -0.25) is 9.36 Å². The number of benzene rings is 1. The van der Waals surface area contributed by atoms with Crippen molar-refractivity contribution < 1.29 is 14.3 Å². The molecule has 3 rings (SSSR count). The van der Waals surface area contributed by atoms with Crippen LogP contribution in [0.25, 0.3) is 5.82 Å². The van der Waals surface area contributed by atoms with Gasteiger partial charge in [-0.25, -0.2) is 9.37 Å². The summed E-state index contributed by atoms with van der Waals surface area (Å²) in [5.41, 5.74) is 1.17. The van der Waals surface area contributed by atoms with E-state index in [1.165, 1.54) is 35.9 Å². The normalized spacial score (nSPS) is 10.6. The molecule has 0 unspecified atom stereocenters. The Bertz CT molecular complexity index is 819. The number of pyridine rings is 1. The smallest absolute Gasteiger partial charge is 0.255 e. The van der Waals surface area contributed by atoms with Crippen LogP contribution in [0.1, 0.15) is 15.9 Å². The molecule has 0 atom stereocenters. The van der Waals surface area contributed by atoms with Gasteiger partial charge in [0.05, 0.1) is 12.2 Å². The molecule has 1 aromatic carbocycles. The van der Waals surface area contributed by atoms with Crippen LogP contribution in [-0.2, 0) is 6.54 Å². The fourth-order valence-corrected chi connectivity index (χ4v) is 2.35. The number of halogens is 1. The van der Waals surface area contributed by atoms with Crippen LogP contribution in [0.5, 0.6) is 0 Å². The van der Waals surface area contributed by atoms with E-state index in [1.54, 1.807) is 28.8 Å². The van der Waals surface area contributed by atoms with Crippen LogP contribution in [0.3, 0.4) is 0 Å². The fourth-order valence-electron chi connectivity index (χ4n) is 2.35. The van der Waals surface area contributed by atoms with Gasteiger partial charge >= 0.3 is 0 Å². The van der Waals surface area contributed by atoms with Gasteiger partial charge in [-0.1, -0.05) is 12.1 Å². The van der Waals surface area contributed by atoms with E-state index in [9.17, 15) is 14.3 Å². The number of aliphatic hydroxyl groups is 1. The summed E-state index contributed by atoms with van der Waals surface area (Å²) < 4.78 is 14.6. The highest BCUT2D eigenvalue weighted by molar-refractivity contribution is 5.94. The predicted molar refractivity (Wildman–Crippen MR) is 87.4 cm³/mol. The Balaban J connectivity index is 1.76. The molecule has 0 aliphatic heterocycles. The third kappa shape index (κ3) is 4.04. The van der Waals surface area contributed by atoms with Gasteiger partial charge in [-0.05, 0) is 29.8 Å². The largest absolute Gasteiger partial charge is 0.395 e. The first-order valence-electron chi connectivity index (χ1n) is 7.63. The highest BCUT2D eigenvalue weighted by Gasteiger charge is 2.16. The SMILES string of the molecule is O=C(c1ccc(-n2cnnc2)nc1)N(CCO)Cc1ccc(F)cc1. The van der Waals surface area contributed by atoms with Crippen LogP contribution in [0.2, 0.25) is 0 Å². The van der Waals surface area contributed by atoms with Gasteiger partial charge in [0.25, 0.3) is 5.91 Å². The van der Waals surface area contributed by atoms with Gasteiger partial charge < -0.3 is 10.0 Å². The maximum atomic E-state index is 13.0. The molecule has 0 fully saturated rings. The quantitative estimate of drug-likeness (QED) is 0.733. The van der Waals surface area contributed by atoms with Crippen molar-refractivity contribution in [2.45, 2.75) is 6.54 Å². The highest BCUT2D eigenvalue weighted by Crippen LogP contribution is 2.12. The van der Waals surface area contributed by atoms with Gasteiger partial charge in [0.15, 0.2) is 0 Å². The van der Waals surface area contributed by atoms with Gasteiger partial charge in [0, 0.05) is 19.3 Å². The summed E-state index contributed by atoms with van der Waals surface area (Å²) >= 11 is 0. The first-order chi connectivity index (χ1) is 12.2. The van der Waals surface area contributed by atoms with Crippen molar-refractivity contribution >= 4 is 5.91 Å². The standard InChI is InChI=1S/C17H16FN5O2/c18-15-4-1-13(2-5-15)10-22(7-8-24)17(25)14-3-6-16(19-9-14)23-11-20-21-12-23/h1-6,9,11-12,24H,7-8,10H2. The molecule has 128 valence electrons. The molecule has 0 saturated heterocycles. The molecular formula is C17H16FN5O2. The molecule has 8 heteroatoms. The maximum Gasteiger partial charge on any atom is 0.255 e. The second-order valence-electron chi connectivity index (χ2n) is 5.35. The van der Waals surface area contributed by atoms with Crippen molar-refractivity contribution in [3.63, 3.8) is 0 Å². The highest BCUT2D eigenvalue weighted by atomic mass is 19.1. The summed E-state index contributed by atoms with van der Waals surface area (Å²) in [6.07, 6.45) is 4.49. The zero-order valence-electron chi connectivity index (χ0n) is 13.3. The molecule has 1 amide bonds. The van der Waals surface area contributed by atoms with E-state index in [0.29, 0.717) is 11.4 Å². The number of hydrogen-bond acceptors (Lipinski definition) is 5. The minimum atomic E-state index is -0.336. The number of aromatic nitrogens is 4. The lowest BCUT2D eigenvalue weighted by molar-refractivity contribution is 0.0707. The lowest BCUT2D eigenvalue weighted by atomic mass is 10.2. The van der Waals surface area contributed by atoms with E-state index < -0.39 is 0 Å². The number of aliphatic hydroxyl groups excluding tert-OH is 1. The van der Waals surface area contributed by atoms with E-state index in [0.717, 1.165) is 5.56 Å². The van der Waals surface area contributed by atoms with Crippen LogP contribution >= 0.6 is 0 Å². The zero-order valence-corrected chi connectivity index (χ0v) is 13.3. The molecule has 0 bridgehead atoms. The van der Waals surface area contributed by atoms with E-state index >= 15 is 0 Å². The Morgan fingerprint density at radius 3 is 2.44 bits per heavy atom. The first kappa shape index (κ1) is 16.7. The Morgan fingerprint density at radius 2 is 1.84 bits per heavy atom. The van der Waals surface area contributed by atoms with E-state index in [-0.39, 0.29) is 31.4 Å². The van der Waals surface area contributed by atoms with Crippen LogP contribution in [-0.4, -0.2) is 48.8 Å². The first-order valence-corrected chi connectivity index (χ1v) is 7.63. The summed E-state index contributed by atoms with van der Waals surface area (Å²) in [6, 6.07) is 9.24. The predicted octanol–water partition coefficient (Wildman–Crippen LogP) is 1.44. The molecule has 2 heterocycles. The molecular weight excluding hydrogens is 325 g/mol. The molecule has 1 N–H and O–H groups in total. The summed E-state index contributed by atoms with van der Waals surface area (Å²) in [4.78, 5) is 18.4. The van der Waals surface area contributed by atoms with Crippen LogP contribution in [0.4, 0.5) is 4.39 Å². The number of carbonyl (C=O) groups is 1. The molecule has 25 heavy (non-hydrogen) atoms. The number of carbonyl (C=O) groups excluding carboxylic acids is 1. The molecule has 3 aromatic rings. The van der Waals surface area contributed by atoms with Crippen molar-refractivity contribution in [3.05, 3.63) is 72.2 Å². The third-order valence-corrected chi connectivity index (χ3v) is 3.62. The Labute approximate surface area is 143 Å².